The van der Waals surface area contributed by atoms with E-state index in [1.807, 2.05) is 54.9 Å². The third-order valence-corrected chi connectivity index (χ3v) is 4.96. The largest absolute Gasteiger partial charge is 0.381 e. The molecule has 0 saturated carbocycles. The molecule has 0 bridgehead atoms. The van der Waals surface area contributed by atoms with Crippen LogP contribution in [0.4, 0.5) is 0 Å². The summed E-state index contributed by atoms with van der Waals surface area (Å²) in [6.45, 7) is 1.54. The predicted molar refractivity (Wildman–Crippen MR) is 107 cm³/mol. The van der Waals surface area contributed by atoms with Gasteiger partial charge >= 0.3 is 0 Å². The number of imidazole rings is 1. The maximum absolute atomic E-state index is 12.4. The fourth-order valence-electron chi connectivity index (χ4n) is 3.26. The van der Waals surface area contributed by atoms with Gasteiger partial charge in [0.2, 0.25) is 5.91 Å². The Labute approximate surface area is 164 Å². The van der Waals surface area contributed by atoms with Gasteiger partial charge in [-0.15, -0.1) is 12.4 Å². The van der Waals surface area contributed by atoms with Crippen LogP contribution in [0.25, 0.3) is 16.7 Å². The number of hydrogen-bond donors (Lipinski definition) is 2. The van der Waals surface area contributed by atoms with Crippen molar-refractivity contribution in [3.05, 3.63) is 60.4 Å². The molecule has 3 N–H and O–H groups in total. The fourth-order valence-corrected chi connectivity index (χ4v) is 3.26. The summed E-state index contributed by atoms with van der Waals surface area (Å²) in [7, 11) is 0. The third kappa shape index (κ3) is 3.98. The van der Waals surface area contributed by atoms with Crippen LogP contribution in [0.1, 0.15) is 18.4 Å². The van der Waals surface area contributed by atoms with Gasteiger partial charge in [-0.05, 0) is 42.7 Å². The predicted octanol–water partition coefficient (Wildman–Crippen LogP) is 2.57. The lowest BCUT2D eigenvalue weighted by Crippen LogP contribution is -2.56. The molecule has 0 spiro atoms. The van der Waals surface area contributed by atoms with Gasteiger partial charge in [0.15, 0.2) is 0 Å². The van der Waals surface area contributed by atoms with E-state index in [4.69, 9.17) is 10.5 Å². The molecule has 0 radical (unpaired) electrons. The molecule has 1 aromatic heterocycles. The van der Waals surface area contributed by atoms with Gasteiger partial charge < -0.3 is 15.8 Å². The summed E-state index contributed by atoms with van der Waals surface area (Å²) in [4.78, 5) is 16.8. The zero-order valence-corrected chi connectivity index (χ0v) is 15.7. The minimum absolute atomic E-state index is 0. The molecule has 7 heteroatoms. The van der Waals surface area contributed by atoms with Gasteiger partial charge in [0.1, 0.15) is 6.33 Å². The first-order valence-electron chi connectivity index (χ1n) is 8.82. The number of nitrogens with one attached hydrogen (secondary N) is 1. The highest BCUT2D eigenvalue weighted by molar-refractivity contribution is 5.86. The smallest absolute Gasteiger partial charge is 0.240 e. The molecule has 1 saturated heterocycles. The summed E-state index contributed by atoms with van der Waals surface area (Å²) in [5, 5.41) is 2.95. The van der Waals surface area contributed by atoms with Crippen molar-refractivity contribution in [3.8, 4) is 5.69 Å². The number of nitrogens with zero attached hydrogens (tertiary/aromatic N) is 2. The van der Waals surface area contributed by atoms with Crippen LogP contribution < -0.4 is 11.1 Å². The molecule has 1 fully saturated rings. The van der Waals surface area contributed by atoms with Crippen LogP contribution in [-0.4, -0.2) is 34.2 Å². The van der Waals surface area contributed by atoms with Gasteiger partial charge in [-0.1, -0.05) is 24.3 Å². The number of benzene rings is 2. The quantitative estimate of drug-likeness (QED) is 0.722. The van der Waals surface area contributed by atoms with Crippen molar-refractivity contribution in [1.82, 2.24) is 14.9 Å². The first-order valence-corrected chi connectivity index (χ1v) is 8.82. The van der Waals surface area contributed by atoms with Gasteiger partial charge in [-0.2, -0.15) is 0 Å². The van der Waals surface area contributed by atoms with Crippen molar-refractivity contribution >= 4 is 29.3 Å². The van der Waals surface area contributed by atoms with Crippen LogP contribution in [0.3, 0.4) is 0 Å². The lowest BCUT2D eigenvalue weighted by atomic mass is 9.90. The van der Waals surface area contributed by atoms with E-state index in [0.717, 1.165) is 22.3 Å². The Kier molecular flexibility index (Phi) is 5.79. The lowest BCUT2D eigenvalue weighted by molar-refractivity contribution is -0.129. The lowest BCUT2D eigenvalue weighted by Gasteiger charge is -2.31. The molecule has 142 valence electrons. The number of ether oxygens (including phenoxy) is 1. The van der Waals surface area contributed by atoms with Crippen molar-refractivity contribution in [1.29, 1.82) is 0 Å². The molecule has 1 aliphatic heterocycles. The second-order valence-corrected chi connectivity index (χ2v) is 6.72. The third-order valence-electron chi connectivity index (χ3n) is 4.96. The van der Waals surface area contributed by atoms with E-state index in [2.05, 4.69) is 14.9 Å². The van der Waals surface area contributed by atoms with E-state index in [-0.39, 0.29) is 18.3 Å². The van der Waals surface area contributed by atoms with Gasteiger partial charge in [0.25, 0.3) is 0 Å². The number of carbonyl (C=O) groups excluding carboxylic acids is 1. The van der Waals surface area contributed by atoms with Gasteiger partial charge in [0.05, 0.1) is 16.6 Å². The summed E-state index contributed by atoms with van der Waals surface area (Å²) in [6, 6.07) is 16.1. The van der Waals surface area contributed by atoms with Crippen LogP contribution in [0.2, 0.25) is 0 Å². The van der Waals surface area contributed by atoms with Gasteiger partial charge in [0, 0.05) is 25.4 Å². The number of para-hydroxylation sites is 2. The number of hydrogen-bond acceptors (Lipinski definition) is 4. The second kappa shape index (κ2) is 8.08. The molecule has 2 heterocycles. The molecule has 27 heavy (non-hydrogen) atoms. The number of halogens is 1. The number of amides is 1. The van der Waals surface area contributed by atoms with Crippen LogP contribution in [0.5, 0.6) is 0 Å². The Hall–Kier alpha value is -2.41. The Morgan fingerprint density at radius 2 is 1.85 bits per heavy atom. The Balaban J connectivity index is 0.00000210. The van der Waals surface area contributed by atoms with E-state index in [0.29, 0.717) is 32.6 Å². The fraction of sp³-hybridized carbons (Fsp3) is 0.300. The Bertz CT molecular complexity index is 917. The summed E-state index contributed by atoms with van der Waals surface area (Å²) in [5.74, 6) is -0.106. The number of fused-ring (bicyclic) bond motifs is 1. The summed E-state index contributed by atoms with van der Waals surface area (Å²) in [5.41, 5.74) is 9.49. The highest BCUT2D eigenvalue weighted by atomic mass is 35.5. The molecule has 3 aromatic rings. The number of nitrogens with two attached hydrogens (primary N) is 1. The van der Waals surface area contributed by atoms with Crippen molar-refractivity contribution in [3.63, 3.8) is 0 Å². The van der Waals surface area contributed by atoms with Crippen molar-refractivity contribution in [2.75, 3.05) is 13.2 Å². The Morgan fingerprint density at radius 3 is 2.59 bits per heavy atom. The standard InChI is InChI=1S/C20H22N4O2.ClH/c21-20(9-11-26-12-10-20)19(25)22-13-15-5-7-16(8-6-15)24-14-23-17-3-1-2-4-18(17)24;/h1-8,14H,9-13,21H2,(H,22,25);1H. The molecule has 4 rings (SSSR count). The topological polar surface area (TPSA) is 82.2 Å². The number of aromatic nitrogens is 2. The summed E-state index contributed by atoms with van der Waals surface area (Å²) in [6.07, 6.45) is 2.95. The van der Waals surface area contributed by atoms with Crippen LogP contribution in [0.15, 0.2) is 54.9 Å². The average Bonchev–Trinajstić information content (AvgIpc) is 3.11. The molecule has 1 aliphatic rings. The van der Waals surface area contributed by atoms with Crippen molar-refractivity contribution < 1.29 is 9.53 Å². The zero-order valence-electron chi connectivity index (χ0n) is 14.9. The highest BCUT2D eigenvalue weighted by Gasteiger charge is 2.35. The minimum atomic E-state index is -0.812. The highest BCUT2D eigenvalue weighted by Crippen LogP contribution is 2.19. The monoisotopic (exact) mass is 386 g/mol. The minimum Gasteiger partial charge on any atom is -0.381 e. The van der Waals surface area contributed by atoms with Gasteiger partial charge in [-0.3, -0.25) is 9.36 Å². The van der Waals surface area contributed by atoms with E-state index < -0.39 is 5.54 Å². The SMILES string of the molecule is Cl.NC1(C(=O)NCc2ccc(-n3cnc4ccccc43)cc2)CCOCC1. The van der Waals surface area contributed by atoms with Crippen LogP contribution >= 0.6 is 12.4 Å². The zero-order chi connectivity index (χ0) is 18.0. The normalized spacial score (nSPS) is 15.9. The van der Waals surface area contributed by atoms with Crippen molar-refractivity contribution in [2.24, 2.45) is 5.73 Å². The molecule has 0 aliphatic carbocycles. The number of carbonyl (C=O) groups is 1. The molecular formula is C20H23ClN4O2. The second-order valence-electron chi connectivity index (χ2n) is 6.72. The van der Waals surface area contributed by atoms with E-state index in [1.165, 1.54) is 0 Å². The molecular weight excluding hydrogens is 364 g/mol. The van der Waals surface area contributed by atoms with Crippen molar-refractivity contribution in [2.45, 2.75) is 24.9 Å². The van der Waals surface area contributed by atoms with Crippen LogP contribution in [-0.2, 0) is 16.1 Å². The maximum atomic E-state index is 12.4. The summed E-state index contributed by atoms with van der Waals surface area (Å²) >= 11 is 0. The Morgan fingerprint density at radius 1 is 1.15 bits per heavy atom. The first-order chi connectivity index (χ1) is 12.7. The molecule has 6 nitrogen and oxygen atoms in total. The maximum Gasteiger partial charge on any atom is 0.240 e. The summed E-state index contributed by atoms with van der Waals surface area (Å²) < 4.78 is 7.34. The number of rotatable bonds is 4. The van der Waals surface area contributed by atoms with E-state index >= 15 is 0 Å². The van der Waals surface area contributed by atoms with E-state index in [1.54, 1.807) is 0 Å². The molecule has 0 unspecified atom stereocenters. The molecule has 2 aromatic carbocycles. The van der Waals surface area contributed by atoms with Crippen LogP contribution in [0, 0.1) is 0 Å². The molecule has 0 atom stereocenters. The van der Waals surface area contributed by atoms with E-state index in [9.17, 15) is 4.79 Å². The average molecular weight is 387 g/mol. The first kappa shape index (κ1) is 19.4. The molecule has 1 amide bonds. The van der Waals surface area contributed by atoms with Gasteiger partial charge in [-0.25, -0.2) is 4.98 Å².